The van der Waals surface area contributed by atoms with E-state index in [-0.39, 0.29) is 17.2 Å². The van der Waals surface area contributed by atoms with Gasteiger partial charge in [-0.05, 0) is 12.1 Å². The summed E-state index contributed by atoms with van der Waals surface area (Å²) in [5.41, 5.74) is 0. The van der Waals surface area contributed by atoms with Gasteiger partial charge in [0.15, 0.2) is 11.5 Å². The van der Waals surface area contributed by atoms with Crippen LogP contribution in [-0.4, -0.2) is 27.7 Å². The highest BCUT2D eigenvalue weighted by Crippen LogP contribution is 2.37. The maximum atomic E-state index is 12.1. The normalized spacial score (nSPS) is 11.1. The van der Waals surface area contributed by atoms with Gasteiger partial charge in [-0.25, -0.2) is 0 Å². The first-order chi connectivity index (χ1) is 7.48. The first kappa shape index (κ1) is 12.5. The van der Waals surface area contributed by atoms with Gasteiger partial charge in [-0.2, -0.15) is 0 Å². The third-order valence-corrected chi connectivity index (χ3v) is 1.80. The van der Waals surface area contributed by atoms with Crippen molar-refractivity contribution in [1.29, 1.82) is 0 Å². The molecule has 0 aliphatic rings. The molecule has 7 heteroatoms. The number of hydrogen-bond donors (Lipinski definition) is 0. The summed E-state index contributed by atoms with van der Waals surface area (Å²) in [4.78, 5) is 0. The molecule has 0 saturated heterocycles. The van der Waals surface area contributed by atoms with Gasteiger partial charge < -0.3 is 27.2 Å². The van der Waals surface area contributed by atoms with Crippen molar-refractivity contribution in [3.05, 3.63) is 18.2 Å². The highest BCUT2D eigenvalue weighted by Gasteiger charge is 2.25. The Balaban J connectivity index is 2.91. The molecule has 1 aromatic carbocycles. The monoisotopic (exact) mass is 235 g/mol. The molecule has 90 valence electrons. The van der Waals surface area contributed by atoms with Crippen LogP contribution in [0.1, 0.15) is 0 Å². The molecule has 0 radical (unpaired) electrons. The minimum absolute atomic E-state index is 0.0355. The van der Waals surface area contributed by atoms with Crippen LogP contribution in [0.15, 0.2) is 18.2 Å². The molecule has 1 aromatic rings. The summed E-state index contributed by atoms with van der Waals surface area (Å²) in [5, 5.41) is 0. The van der Waals surface area contributed by atoms with Crippen molar-refractivity contribution in [3.8, 4) is 17.2 Å². The topological polar surface area (TPSA) is 27.7 Å². The number of halogens is 3. The maximum Gasteiger partial charge on any atom is 0.515 e. The van der Waals surface area contributed by atoms with Gasteiger partial charge in [0.2, 0.25) is 5.75 Å². The van der Waals surface area contributed by atoms with Crippen LogP contribution in [-0.2, 0) is 0 Å². The largest absolute Gasteiger partial charge is 0.516 e. The highest BCUT2D eigenvalue weighted by atomic mass is 19.4. The lowest BCUT2D eigenvalue weighted by Crippen LogP contribution is -2.26. The lowest BCUT2D eigenvalue weighted by molar-refractivity contribution is 0.278. The van der Waals surface area contributed by atoms with Gasteiger partial charge in [0.25, 0.3) is 0 Å². The predicted octanol–water partition coefficient (Wildman–Crippen LogP) is 2.47. The lowest BCUT2D eigenvalue weighted by atomic mass is 9.95. The summed E-state index contributed by atoms with van der Waals surface area (Å²) in [5.74, 6) is 0.380. The molecule has 1 rings (SSSR count). The van der Waals surface area contributed by atoms with Crippen LogP contribution in [0.4, 0.5) is 12.9 Å². The molecule has 0 aromatic heterocycles. The average molecular weight is 235 g/mol. The first-order valence-electron chi connectivity index (χ1n) is 4.52. The van der Waals surface area contributed by atoms with E-state index in [0.29, 0.717) is 0 Å². The molecule has 0 aliphatic heterocycles. The molecular formula is C9H11BF3O3-. The van der Waals surface area contributed by atoms with Crippen LogP contribution in [0.3, 0.4) is 0 Å². The van der Waals surface area contributed by atoms with E-state index in [4.69, 9.17) is 9.47 Å². The second-order valence-electron chi connectivity index (χ2n) is 3.01. The second-order valence-corrected chi connectivity index (χ2v) is 3.01. The van der Waals surface area contributed by atoms with E-state index in [9.17, 15) is 12.9 Å². The Morgan fingerprint density at radius 1 is 1.06 bits per heavy atom. The summed E-state index contributed by atoms with van der Waals surface area (Å²) in [6.45, 7) is -6.33. The van der Waals surface area contributed by atoms with Gasteiger partial charge in [-0.15, -0.1) is 0 Å². The van der Waals surface area contributed by atoms with Crippen LogP contribution < -0.4 is 14.2 Å². The first-order valence-corrected chi connectivity index (χ1v) is 4.52. The smallest absolute Gasteiger partial charge is 0.515 e. The minimum atomic E-state index is -5.00. The fourth-order valence-electron chi connectivity index (χ4n) is 1.14. The Hall–Kier alpha value is -1.53. The van der Waals surface area contributed by atoms with Crippen molar-refractivity contribution in [2.45, 2.75) is 0 Å². The molecule has 3 nitrogen and oxygen atoms in total. The Bertz CT molecular complexity index is 332. The molecular weight excluding hydrogens is 224 g/mol. The number of hydrogen-bond acceptors (Lipinski definition) is 3. The van der Waals surface area contributed by atoms with Gasteiger partial charge in [0.05, 0.1) is 20.7 Å². The Morgan fingerprint density at radius 3 is 1.94 bits per heavy atom. The summed E-state index contributed by atoms with van der Waals surface area (Å²) < 4.78 is 50.6. The zero-order valence-corrected chi connectivity index (χ0v) is 8.88. The third-order valence-electron chi connectivity index (χ3n) is 1.80. The van der Waals surface area contributed by atoms with Gasteiger partial charge in [0.1, 0.15) is 0 Å². The Kier molecular flexibility index (Phi) is 3.92. The van der Waals surface area contributed by atoms with Crippen molar-refractivity contribution in [1.82, 2.24) is 0 Å². The summed E-state index contributed by atoms with van der Waals surface area (Å²) in [7, 11) is 2.70. The van der Waals surface area contributed by atoms with Crippen LogP contribution in [0.25, 0.3) is 0 Å². The summed E-state index contributed by atoms with van der Waals surface area (Å²) >= 11 is 0. The molecule has 0 unspecified atom stereocenters. The van der Waals surface area contributed by atoms with Crippen molar-refractivity contribution >= 4 is 6.98 Å². The van der Waals surface area contributed by atoms with Crippen molar-refractivity contribution in [3.63, 3.8) is 0 Å². The van der Waals surface area contributed by atoms with E-state index in [2.05, 4.69) is 4.74 Å². The van der Waals surface area contributed by atoms with Crippen LogP contribution >= 0.6 is 0 Å². The standard InChI is InChI=1S/C9H11BF3O3/c1-14-7-4-3-5-8(15-2)9(7)16-6-10(11,12)13/h3-5H,6H2,1-2H3/q-1. The van der Waals surface area contributed by atoms with E-state index in [1.165, 1.54) is 26.4 Å². The van der Waals surface area contributed by atoms with Gasteiger partial charge in [0, 0.05) is 0 Å². The quantitative estimate of drug-likeness (QED) is 0.733. The Labute approximate surface area is 91.2 Å². The fraction of sp³-hybridized carbons (Fsp3) is 0.333. The molecule has 0 spiro atoms. The van der Waals surface area contributed by atoms with E-state index < -0.39 is 13.5 Å². The van der Waals surface area contributed by atoms with E-state index in [0.717, 1.165) is 0 Å². The lowest BCUT2D eigenvalue weighted by Gasteiger charge is -2.18. The van der Waals surface area contributed by atoms with Crippen molar-refractivity contribution in [2.75, 3.05) is 20.7 Å². The van der Waals surface area contributed by atoms with Gasteiger partial charge in [-0.1, -0.05) is 6.07 Å². The minimum Gasteiger partial charge on any atom is -0.516 e. The molecule has 0 saturated carbocycles. The highest BCUT2D eigenvalue weighted by molar-refractivity contribution is 6.58. The summed E-state index contributed by atoms with van der Waals surface area (Å²) in [6, 6.07) is 4.60. The summed E-state index contributed by atoms with van der Waals surface area (Å²) in [6.07, 6.45) is 0. The predicted molar refractivity (Wildman–Crippen MR) is 54.1 cm³/mol. The molecule has 0 bridgehead atoms. The van der Waals surface area contributed by atoms with Crippen LogP contribution in [0.5, 0.6) is 17.2 Å². The number of methoxy groups -OCH3 is 2. The SMILES string of the molecule is COc1cccc(OC)c1OC[B-](F)(F)F. The van der Waals surface area contributed by atoms with Crippen molar-refractivity contribution in [2.24, 2.45) is 0 Å². The molecule has 0 fully saturated rings. The number of ether oxygens (including phenoxy) is 3. The van der Waals surface area contributed by atoms with Crippen LogP contribution in [0.2, 0.25) is 0 Å². The molecule has 0 N–H and O–H groups in total. The number of para-hydroxylation sites is 1. The van der Waals surface area contributed by atoms with Gasteiger partial charge >= 0.3 is 6.98 Å². The third kappa shape index (κ3) is 3.25. The van der Waals surface area contributed by atoms with E-state index in [1.54, 1.807) is 6.07 Å². The fourth-order valence-corrected chi connectivity index (χ4v) is 1.14. The molecule has 0 atom stereocenters. The number of benzene rings is 1. The van der Waals surface area contributed by atoms with Gasteiger partial charge in [-0.3, -0.25) is 0 Å². The zero-order chi connectivity index (χ0) is 12.2. The van der Waals surface area contributed by atoms with Crippen LogP contribution in [0, 0.1) is 0 Å². The maximum absolute atomic E-state index is 12.1. The molecule has 16 heavy (non-hydrogen) atoms. The van der Waals surface area contributed by atoms with Crippen molar-refractivity contribution < 1.29 is 27.2 Å². The molecule has 0 heterocycles. The zero-order valence-electron chi connectivity index (χ0n) is 8.88. The average Bonchev–Trinajstić information content (AvgIpc) is 2.24. The molecule has 0 aliphatic carbocycles. The second kappa shape index (κ2) is 5.00. The number of rotatable bonds is 5. The van der Waals surface area contributed by atoms with E-state index >= 15 is 0 Å². The van der Waals surface area contributed by atoms with E-state index in [1.807, 2.05) is 0 Å². The Morgan fingerprint density at radius 2 is 1.56 bits per heavy atom. The molecule has 0 amide bonds.